The number of benzene rings is 3. The van der Waals surface area contributed by atoms with Crippen LogP contribution in [0.15, 0.2) is 60.7 Å². The van der Waals surface area contributed by atoms with Crippen molar-refractivity contribution < 1.29 is 4.79 Å². The fraction of sp³-hybridized carbons (Fsp3) is 0.190. The van der Waals surface area contributed by atoms with E-state index in [4.69, 9.17) is 0 Å². The van der Waals surface area contributed by atoms with Crippen LogP contribution < -0.4 is 4.90 Å². The summed E-state index contributed by atoms with van der Waals surface area (Å²) < 4.78 is 0. The van der Waals surface area contributed by atoms with E-state index in [0.717, 1.165) is 22.3 Å². The lowest BCUT2D eigenvalue weighted by Gasteiger charge is -2.23. The van der Waals surface area contributed by atoms with Gasteiger partial charge in [-0.2, -0.15) is 0 Å². The number of carbonyl (C=O) groups is 1. The molecule has 0 saturated heterocycles. The first kappa shape index (κ1) is 14.0. The van der Waals surface area contributed by atoms with Crippen molar-refractivity contribution in [1.29, 1.82) is 0 Å². The van der Waals surface area contributed by atoms with Crippen LogP contribution in [0.4, 0.5) is 11.4 Å². The number of rotatable bonds is 1. The monoisotopic (exact) mass is 301 g/mol. The SMILES string of the molecule is CC(C)(C)c1ccc2c3c(cccc13)C(=O)N2c1ccccc1. The van der Waals surface area contributed by atoms with Gasteiger partial charge in [0, 0.05) is 11.1 Å². The van der Waals surface area contributed by atoms with Crippen molar-refractivity contribution in [1.82, 2.24) is 0 Å². The molecule has 0 unspecified atom stereocenters. The molecule has 23 heavy (non-hydrogen) atoms. The Bertz CT molecular complexity index is 920. The van der Waals surface area contributed by atoms with Gasteiger partial charge in [0.1, 0.15) is 0 Å². The summed E-state index contributed by atoms with van der Waals surface area (Å²) in [5, 5.41) is 2.26. The Labute approximate surface area is 136 Å². The van der Waals surface area contributed by atoms with E-state index in [1.54, 1.807) is 0 Å². The maximum absolute atomic E-state index is 13.0. The minimum absolute atomic E-state index is 0.0420. The molecule has 0 radical (unpaired) electrons. The third kappa shape index (κ3) is 1.98. The van der Waals surface area contributed by atoms with Crippen LogP contribution in [0.3, 0.4) is 0 Å². The number of amides is 1. The fourth-order valence-electron chi connectivity index (χ4n) is 3.47. The number of para-hydroxylation sites is 1. The van der Waals surface area contributed by atoms with Gasteiger partial charge in [-0.1, -0.05) is 57.2 Å². The summed E-state index contributed by atoms with van der Waals surface area (Å²) in [6, 6.07) is 20.2. The van der Waals surface area contributed by atoms with Crippen molar-refractivity contribution in [3.8, 4) is 0 Å². The summed E-state index contributed by atoms with van der Waals surface area (Å²) in [5.41, 5.74) is 4.02. The fourth-order valence-corrected chi connectivity index (χ4v) is 3.47. The average Bonchev–Trinajstić information content (AvgIpc) is 2.82. The highest BCUT2D eigenvalue weighted by molar-refractivity contribution is 6.28. The molecular weight excluding hydrogens is 282 g/mol. The van der Waals surface area contributed by atoms with E-state index < -0.39 is 0 Å². The van der Waals surface area contributed by atoms with Crippen LogP contribution in [0.5, 0.6) is 0 Å². The summed E-state index contributed by atoms with van der Waals surface area (Å²) in [6.45, 7) is 6.63. The zero-order chi connectivity index (χ0) is 16.2. The van der Waals surface area contributed by atoms with Crippen molar-refractivity contribution >= 4 is 28.1 Å². The molecule has 2 nitrogen and oxygen atoms in total. The van der Waals surface area contributed by atoms with Gasteiger partial charge in [-0.3, -0.25) is 9.69 Å². The molecule has 0 bridgehead atoms. The minimum atomic E-state index is 0.0420. The van der Waals surface area contributed by atoms with E-state index in [0.29, 0.717) is 0 Å². The molecule has 3 aromatic rings. The maximum Gasteiger partial charge on any atom is 0.263 e. The molecule has 1 heterocycles. The predicted octanol–water partition coefficient (Wildman–Crippen LogP) is 5.43. The van der Waals surface area contributed by atoms with Crippen molar-refractivity contribution in [2.75, 3.05) is 4.90 Å². The van der Waals surface area contributed by atoms with E-state index in [1.165, 1.54) is 10.9 Å². The number of nitrogens with zero attached hydrogens (tertiary/aromatic N) is 1. The molecule has 1 amide bonds. The van der Waals surface area contributed by atoms with Crippen LogP contribution >= 0.6 is 0 Å². The Hall–Kier alpha value is -2.61. The Morgan fingerprint density at radius 2 is 1.57 bits per heavy atom. The zero-order valence-electron chi connectivity index (χ0n) is 13.6. The second-order valence-corrected chi connectivity index (χ2v) is 7.09. The summed E-state index contributed by atoms with van der Waals surface area (Å²) in [6.07, 6.45) is 0. The quantitative estimate of drug-likeness (QED) is 0.587. The number of hydrogen-bond acceptors (Lipinski definition) is 1. The van der Waals surface area contributed by atoms with Crippen molar-refractivity contribution in [2.24, 2.45) is 0 Å². The predicted molar refractivity (Wildman–Crippen MR) is 95.6 cm³/mol. The molecule has 0 saturated carbocycles. The Balaban J connectivity index is 2.04. The molecule has 3 aromatic carbocycles. The highest BCUT2D eigenvalue weighted by atomic mass is 16.2. The van der Waals surface area contributed by atoms with E-state index in [2.05, 4.69) is 39.0 Å². The molecule has 0 aromatic heterocycles. The summed E-state index contributed by atoms with van der Waals surface area (Å²) >= 11 is 0. The van der Waals surface area contributed by atoms with Crippen LogP contribution in [0.2, 0.25) is 0 Å². The van der Waals surface area contributed by atoms with E-state index in [-0.39, 0.29) is 11.3 Å². The van der Waals surface area contributed by atoms with E-state index in [1.807, 2.05) is 47.4 Å². The second kappa shape index (κ2) is 4.69. The summed E-state index contributed by atoms with van der Waals surface area (Å²) in [5.74, 6) is 0.0582. The third-order valence-electron chi connectivity index (χ3n) is 4.52. The molecule has 2 heteroatoms. The normalized spacial score (nSPS) is 13.9. The summed E-state index contributed by atoms with van der Waals surface area (Å²) in [7, 11) is 0. The maximum atomic E-state index is 13.0. The third-order valence-corrected chi connectivity index (χ3v) is 4.52. The van der Waals surface area contributed by atoms with E-state index in [9.17, 15) is 4.79 Å². The van der Waals surface area contributed by atoms with E-state index >= 15 is 0 Å². The molecule has 0 fully saturated rings. The molecule has 0 N–H and O–H groups in total. The van der Waals surface area contributed by atoms with Gasteiger partial charge < -0.3 is 0 Å². The van der Waals surface area contributed by atoms with Gasteiger partial charge in [-0.15, -0.1) is 0 Å². The molecule has 0 spiro atoms. The highest BCUT2D eigenvalue weighted by Crippen LogP contribution is 2.44. The van der Waals surface area contributed by atoms with Gasteiger partial charge in [0.2, 0.25) is 0 Å². The molecule has 0 atom stereocenters. The molecule has 1 aliphatic heterocycles. The smallest absolute Gasteiger partial charge is 0.263 e. The second-order valence-electron chi connectivity index (χ2n) is 7.09. The minimum Gasteiger partial charge on any atom is -0.276 e. The zero-order valence-corrected chi connectivity index (χ0v) is 13.6. The first-order valence-electron chi connectivity index (χ1n) is 7.94. The van der Waals surface area contributed by atoms with Crippen LogP contribution in [0, 0.1) is 0 Å². The van der Waals surface area contributed by atoms with Crippen LogP contribution in [-0.2, 0) is 5.41 Å². The average molecular weight is 301 g/mol. The molecule has 114 valence electrons. The van der Waals surface area contributed by atoms with Gasteiger partial charge >= 0.3 is 0 Å². The molecule has 4 rings (SSSR count). The Kier molecular flexibility index (Phi) is 2.86. The Morgan fingerprint density at radius 3 is 2.26 bits per heavy atom. The standard InChI is InChI=1S/C21H19NO/c1-21(2,3)17-12-13-18-19-15(17)10-7-11-16(19)20(23)22(18)14-8-5-4-6-9-14/h4-13H,1-3H3. The first-order chi connectivity index (χ1) is 11.0. The van der Waals surface area contributed by atoms with Crippen molar-refractivity contribution in [3.63, 3.8) is 0 Å². The molecule has 1 aliphatic rings. The highest BCUT2D eigenvalue weighted by Gasteiger charge is 2.32. The van der Waals surface area contributed by atoms with Crippen LogP contribution in [0.25, 0.3) is 10.8 Å². The lowest BCUT2D eigenvalue weighted by atomic mass is 9.83. The van der Waals surface area contributed by atoms with Gasteiger partial charge in [0.05, 0.1) is 11.3 Å². The Morgan fingerprint density at radius 1 is 0.826 bits per heavy atom. The lowest BCUT2D eigenvalue weighted by Crippen LogP contribution is -2.20. The topological polar surface area (TPSA) is 20.3 Å². The van der Waals surface area contributed by atoms with Gasteiger partial charge in [0.15, 0.2) is 0 Å². The van der Waals surface area contributed by atoms with Crippen LogP contribution in [0.1, 0.15) is 36.7 Å². The molecular formula is C21H19NO. The largest absolute Gasteiger partial charge is 0.276 e. The first-order valence-corrected chi connectivity index (χ1v) is 7.94. The number of hydrogen-bond donors (Lipinski definition) is 0. The van der Waals surface area contributed by atoms with Crippen LogP contribution in [-0.4, -0.2) is 5.91 Å². The molecule has 0 aliphatic carbocycles. The van der Waals surface area contributed by atoms with Gasteiger partial charge in [0.25, 0.3) is 5.91 Å². The number of carbonyl (C=O) groups excluding carboxylic acids is 1. The lowest BCUT2D eigenvalue weighted by molar-refractivity contribution is 0.100. The van der Waals surface area contributed by atoms with Gasteiger partial charge in [-0.25, -0.2) is 0 Å². The number of anilines is 2. The van der Waals surface area contributed by atoms with Gasteiger partial charge in [-0.05, 0) is 40.6 Å². The summed E-state index contributed by atoms with van der Waals surface area (Å²) in [4.78, 5) is 14.8. The van der Waals surface area contributed by atoms with Crippen molar-refractivity contribution in [2.45, 2.75) is 26.2 Å². The van der Waals surface area contributed by atoms with Crippen molar-refractivity contribution in [3.05, 3.63) is 71.8 Å².